The lowest BCUT2D eigenvalue weighted by molar-refractivity contribution is -0.118. The number of rotatable bonds is 8. The molecule has 4 nitrogen and oxygen atoms in total. The predicted molar refractivity (Wildman–Crippen MR) is 111 cm³/mol. The molecular weight excluding hydrogens is 338 g/mol. The highest BCUT2D eigenvalue weighted by atomic mass is 16.5. The zero-order valence-corrected chi connectivity index (χ0v) is 17.1. The topological polar surface area (TPSA) is 47.6 Å². The highest BCUT2D eigenvalue weighted by Crippen LogP contribution is 2.32. The van der Waals surface area contributed by atoms with E-state index in [1.54, 1.807) is 0 Å². The maximum absolute atomic E-state index is 12.3. The van der Waals surface area contributed by atoms with Crippen molar-refractivity contribution in [3.8, 4) is 11.5 Å². The Morgan fingerprint density at radius 1 is 1.04 bits per heavy atom. The van der Waals surface area contributed by atoms with Crippen LogP contribution in [0.4, 0.5) is 5.69 Å². The average Bonchev–Trinajstić information content (AvgIpc) is 2.61. The Balaban J connectivity index is 1.92. The molecule has 146 valence electrons. The lowest BCUT2D eigenvalue weighted by Crippen LogP contribution is -2.22. The van der Waals surface area contributed by atoms with Gasteiger partial charge in [-0.2, -0.15) is 0 Å². The van der Waals surface area contributed by atoms with Gasteiger partial charge in [0.25, 0.3) is 5.91 Å². The van der Waals surface area contributed by atoms with Crippen LogP contribution in [0.5, 0.6) is 11.5 Å². The van der Waals surface area contributed by atoms with E-state index < -0.39 is 0 Å². The van der Waals surface area contributed by atoms with Gasteiger partial charge in [-0.1, -0.05) is 46.2 Å². The zero-order chi connectivity index (χ0) is 19.9. The maximum atomic E-state index is 12.3. The number of carbonyl (C=O) groups is 1. The second-order valence-electron chi connectivity index (χ2n) is 7.81. The van der Waals surface area contributed by atoms with Gasteiger partial charge in [-0.3, -0.25) is 4.79 Å². The van der Waals surface area contributed by atoms with Gasteiger partial charge in [0.2, 0.25) is 0 Å². The molecule has 1 amide bonds. The van der Waals surface area contributed by atoms with Crippen LogP contribution in [0.25, 0.3) is 0 Å². The number of aryl methyl sites for hydroxylation is 1. The monoisotopic (exact) mass is 369 g/mol. The first-order valence-corrected chi connectivity index (χ1v) is 9.56. The van der Waals surface area contributed by atoms with Gasteiger partial charge in [-0.15, -0.1) is 0 Å². The third-order valence-corrected chi connectivity index (χ3v) is 4.21. The van der Waals surface area contributed by atoms with Gasteiger partial charge in [0.15, 0.2) is 6.61 Å². The number of ether oxygens (including phenoxy) is 2. The summed E-state index contributed by atoms with van der Waals surface area (Å²) in [5.74, 6) is 1.39. The second-order valence-corrected chi connectivity index (χ2v) is 7.81. The van der Waals surface area contributed by atoms with Crippen LogP contribution in [0, 0.1) is 6.92 Å². The molecule has 2 aromatic carbocycles. The predicted octanol–water partition coefficient (Wildman–Crippen LogP) is 5.49. The van der Waals surface area contributed by atoms with E-state index in [0.717, 1.165) is 41.2 Å². The molecule has 2 rings (SSSR count). The minimum atomic E-state index is -0.184. The molecule has 0 aliphatic carbocycles. The molecule has 0 spiro atoms. The fraction of sp³-hybridized carbons (Fsp3) is 0.435. The minimum absolute atomic E-state index is 0.0265. The summed E-state index contributed by atoms with van der Waals surface area (Å²) >= 11 is 0. The molecular formula is C23H31NO3. The van der Waals surface area contributed by atoms with Crippen molar-refractivity contribution in [1.29, 1.82) is 0 Å². The van der Waals surface area contributed by atoms with Gasteiger partial charge in [0, 0.05) is 5.69 Å². The van der Waals surface area contributed by atoms with Gasteiger partial charge >= 0.3 is 0 Å². The number of unbranched alkanes of at least 4 members (excludes halogenated alkanes) is 1. The molecule has 0 bridgehead atoms. The summed E-state index contributed by atoms with van der Waals surface area (Å²) in [6.07, 6.45) is 2.14. The zero-order valence-electron chi connectivity index (χ0n) is 17.1. The van der Waals surface area contributed by atoms with E-state index in [-0.39, 0.29) is 17.9 Å². The van der Waals surface area contributed by atoms with Crippen molar-refractivity contribution in [2.45, 2.75) is 52.9 Å². The van der Waals surface area contributed by atoms with Crippen molar-refractivity contribution in [2.75, 3.05) is 18.5 Å². The van der Waals surface area contributed by atoms with Crippen LogP contribution in [-0.4, -0.2) is 19.1 Å². The van der Waals surface area contributed by atoms with Crippen molar-refractivity contribution in [3.05, 3.63) is 53.6 Å². The average molecular weight is 370 g/mol. The number of nitrogens with one attached hydrogen (secondary N) is 1. The van der Waals surface area contributed by atoms with Crippen molar-refractivity contribution < 1.29 is 14.3 Å². The number of hydrogen-bond donors (Lipinski definition) is 1. The van der Waals surface area contributed by atoms with Crippen LogP contribution in [0.3, 0.4) is 0 Å². The summed E-state index contributed by atoms with van der Waals surface area (Å²) < 4.78 is 11.5. The molecule has 0 fully saturated rings. The Hall–Kier alpha value is -2.49. The lowest BCUT2D eigenvalue weighted by atomic mass is 9.86. The largest absolute Gasteiger partial charge is 0.494 e. The molecule has 0 aromatic heterocycles. The van der Waals surface area contributed by atoms with E-state index in [1.165, 1.54) is 0 Å². The standard InChI is InChI=1S/C23H31NO3/c1-6-7-14-26-19-11-9-18(10-12-19)24-22(25)16-27-21-15-17(2)8-13-20(21)23(3,4)5/h8-13,15H,6-7,14,16H2,1-5H3,(H,24,25). The molecule has 0 atom stereocenters. The molecule has 0 heterocycles. The van der Waals surface area contributed by atoms with Gasteiger partial charge in [-0.25, -0.2) is 0 Å². The van der Waals surface area contributed by atoms with E-state index in [4.69, 9.17) is 9.47 Å². The third kappa shape index (κ3) is 6.63. The third-order valence-electron chi connectivity index (χ3n) is 4.21. The molecule has 27 heavy (non-hydrogen) atoms. The number of anilines is 1. The Kier molecular flexibility index (Phi) is 7.28. The Morgan fingerprint density at radius 2 is 1.74 bits per heavy atom. The summed E-state index contributed by atoms with van der Waals surface area (Å²) in [5, 5.41) is 2.86. The van der Waals surface area contributed by atoms with E-state index in [0.29, 0.717) is 6.61 Å². The van der Waals surface area contributed by atoms with Crippen LogP contribution >= 0.6 is 0 Å². The SMILES string of the molecule is CCCCOc1ccc(NC(=O)COc2cc(C)ccc2C(C)(C)C)cc1. The molecule has 2 aromatic rings. The molecule has 0 aliphatic rings. The molecule has 0 saturated carbocycles. The summed E-state index contributed by atoms with van der Waals surface area (Å²) in [7, 11) is 0. The molecule has 4 heteroatoms. The van der Waals surface area contributed by atoms with Gasteiger partial charge < -0.3 is 14.8 Å². The number of hydrogen-bond acceptors (Lipinski definition) is 3. The summed E-state index contributed by atoms with van der Waals surface area (Å²) in [6.45, 7) is 11.2. The first kappa shape index (κ1) is 20.8. The van der Waals surface area contributed by atoms with Crippen LogP contribution in [0.2, 0.25) is 0 Å². The van der Waals surface area contributed by atoms with Crippen LogP contribution in [-0.2, 0) is 10.2 Å². The summed E-state index contributed by atoms with van der Waals surface area (Å²) in [5.41, 5.74) is 2.88. The fourth-order valence-electron chi connectivity index (χ4n) is 2.68. The van der Waals surface area contributed by atoms with Crippen molar-refractivity contribution in [3.63, 3.8) is 0 Å². The summed E-state index contributed by atoms with van der Waals surface area (Å²) in [6, 6.07) is 13.5. The number of amides is 1. The summed E-state index contributed by atoms with van der Waals surface area (Å²) in [4.78, 5) is 12.3. The van der Waals surface area contributed by atoms with Crippen molar-refractivity contribution >= 4 is 11.6 Å². The Bertz CT molecular complexity index is 745. The molecule has 0 saturated heterocycles. The molecule has 0 aliphatic heterocycles. The first-order valence-electron chi connectivity index (χ1n) is 9.56. The normalized spacial score (nSPS) is 11.1. The van der Waals surface area contributed by atoms with Gasteiger partial charge in [-0.05, 0) is 60.2 Å². The second kappa shape index (κ2) is 9.45. The number of carbonyl (C=O) groups excluding carboxylic acids is 1. The maximum Gasteiger partial charge on any atom is 0.262 e. The van der Waals surface area contributed by atoms with E-state index in [9.17, 15) is 4.79 Å². The van der Waals surface area contributed by atoms with Crippen LogP contribution in [0.1, 0.15) is 51.7 Å². The highest BCUT2D eigenvalue weighted by molar-refractivity contribution is 5.91. The van der Waals surface area contributed by atoms with E-state index in [2.05, 4.69) is 45.1 Å². The van der Waals surface area contributed by atoms with E-state index in [1.807, 2.05) is 37.3 Å². The van der Waals surface area contributed by atoms with Gasteiger partial charge in [0.1, 0.15) is 11.5 Å². The smallest absolute Gasteiger partial charge is 0.262 e. The molecule has 0 unspecified atom stereocenters. The quantitative estimate of drug-likeness (QED) is 0.626. The number of benzene rings is 2. The Morgan fingerprint density at radius 3 is 2.37 bits per heavy atom. The highest BCUT2D eigenvalue weighted by Gasteiger charge is 2.19. The molecule has 1 N–H and O–H groups in total. The first-order chi connectivity index (χ1) is 12.8. The van der Waals surface area contributed by atoms with Crippen LogP contribution < -0.4 is 14.8 Å². The van der Waals surface area contributed by atoms with Crippen molar-refractivity contribution in [1.82, 2.24) is 0 Å². The van der Waals surface area contributed by atoms with Gasteiger partial charge in [0.05, 0.1) is 6.61 Å². The minimum Gasteiger partial charge on any atom is -0.494 e. The van der Waals surface area contributed by atoms with Crippen molar-refractivity contribution in [2.24, 2.45) is 0 Å². The lowest BCUT2D eigenvalue weighted by Gasteiger charge is -2.23. The van der Waals surface area contributed by atoms with E-state index >= 15 is 0 Å². The fourth-order valence-corrected chi connectivity index (χ4v) is 2.68. The Labute approximate surface area is 162 Å². The molecule has 0 radical (unpaired) electrons. The van der Waals surface area contributed by atoms with Crippen LogP contribution in [0.15, 0.2) is 42.5 Å².